The van der Waals surface area contributed by atoms with E-state index in [-0.39, 0.29) is 5.97 Å². The summed E-state index contributed by atoms with van der Waals surface area (Å²) in [4.78, 5) is 17.3. The van der Waals surface area contributed by atoms with Gasteiger partial charge in [0.1, 0.15) is 5.54 Å². The second-order valence-corrected chi connectivity index (χ2v) is 6.74. The summed E-state index contributed by atoms with van der Waals surface area (Å²) >= 11 is 0. The van der Waals surface area contributed by atoms with Crippen LogP contribution in [-0.2, 0) is 9.53 Å². The van der Waals surface area contributed by atoms with Gasteiger partial charge in [0.05, 0.1) is 7.11 Å². The molecular weight excluding hydrogens is 266 g/mol. The number of likely N-dealkylation sites (N-methyl/N-ethyl adjacent to an activating group) is 1. The van der Waals surface area contributed by atoms with Gasteiger partial charge < -0.3 is 10.1 Å². The summed E-state index contributed by atoms with van der Waals surface area (Å²) in [6, 6.07) is 1.13. The molecule has 5 nitrogen and oxygen atoms in total. The van der Waals surface area contributed by atoms with Crippen molar-refractivity contribution in [2.24, 2.45) is 0 Å². The van der Waals surface area contributed by atoms with Gasteiger partial charge in [-0.2, -0.15) is 0 Å². The quantitative estimate of drug-likeness (QED) is 0.787. The molecule has 0 spiro atoms. The van der Waals surface area contributed by atoms with Crippen molar-refractivity contribution in [3.8, 4) is 0 Å². The number of carbonyl (C=O) groups excluding carboxylic acids is 1. The molecule has 1 aliphatic carbocycles. The summed E-state index contributed by atoms with van der Waals surface area (Å²) in [6.45, 7) is 9.03. The van der Waals surface area contributed by atoms with Crippen LogP contribution in [0.1, 0.15) is 39.5 Å². The Labute approximate surface area is 129 Å². The average Bonchev–Trinajstić information content (AvgIpc) is 2.54. The monoisotopic (exact) mass is 297 g/mol. The molecule has 0 aromatic heterocycles. The van der Waals surface area contributed by atoms with Crippen molar-refractivity contribution in [2.75, 3.05) is 40.3 Å². The summed E-state index contributed by atoms with van der Waals surface area (Å²) in [6.07, 6.45) is 4.05. The molecule has 2 unspecified atom stereocenters. The second kappa shape index (κ2) is 7.07. The molecule has 0 aromatic rings. The first-order valence-corrected chi connectivity index (χ1v) is 8.28. The number of nitrogens with zero attached hydrogens (tertiary/aromatic N) is 2. The lowest BCUT2D eigenvalue weighted by Crippen LogP contribution is -2.60. The van der Waals surface area contributed by atoms with Crippen molar-refractivity contribution in [3.05, 3.63) is 0 Å². The first-order valence-electron chi connectivity index (χ1n) is 8.28. The lowest BCUT2D eigenvalue weighted by atomic mass is 9.78. The minimum absolute atomic E-state index is 0.101. The Morgan fingerprint density at radius 3 is 2.48 bits per heavy atom. The van der Waals surface area contributed by atoms with E-state index in [0.29, 0.717) is 12.1 Å². The Morgan fingerprint density at radius 2 is 1.95 bits per heavy atom. The molecule has 1 aliphatic heterocycles. The number of carbonyl (C=O) groups is 1. The van der Waals surface area contributed by atoms with Gasteiger partial charge in [0.2, 0.25) is 0 Å². The topological polar surface area (TPSA) is 44.8 Å². The van der Waals surface area contributed by atoms with Crippen molar-refractivity contribution in [3.63, 3.8) is 0 Å². The minimum Gasteiger partial charge on any atom is -0.468 e. The zero-order chi connectivity index (χ0) is 15.5. The van der Waals surface area contributed by atoms with Crippen molar-refractivity contribution in [1.82, 2.24) is 15.1 Å². The molecule has 1 saturated carbocycles. The number of esters is 1. The summed E-state index contributed by atoms with van der Waals surface area (Å²) in [7, 11) is 3.38. The third-order valence-corrected chi connectivity index (χ3v) is 5.38. The summed E-state index contributed by atoms with van der Waals surface area (Å²) in [5, 5.41) is 3.25. The zero-order valence-corrected chi connectivity index (χ0v) is 14.0. The molecule has 122 valence electrons. The number of ether oxygens (including phenoxy) is 1. The van der Waals surface area contributed by atoms with Crippen LogP contribution in [0, 0.1) is 0 Å². The highest BCUT2D eigenvalue weighted by atomic mass is 16.5. The molecule has 1 heterocycles. The Bertz CT molecular complexity index is 353. The third-order valence-electron chi connectivity index (χ3n) is 5.38. The SMILES string of the molecule is CNC1(C(=O)OC)CCCC(N2CCN(C(C)C)CC2)C1. The molecule has 2 rings (SSSR count). The minimum atomic E-state index is -0.479. The van der Waals surface area contributed by atoms with E-state index in [0.717, 1.165) is 45.4 Å². The largest absolute Gasteiger partial charge is 0.468 e. The van der Waals surface area contributed by atoms with Crippen LogP contribution in [0.5, 0.6) is 0 Å². The molecule has 0 amide bonds. The smallest absolute Gasteiger partial charge is 0.326 e. The Morgan fingerprint density at radius 1 is 1.29 bits per heavy atom. The van der Waals surface area contributed by atoms with E-state index < -0.39 is 5.54 Å². The third kappa shape index (κ3) is 3.58. The van der Waals surface area contributed by atoms with E-state index in [9.17, 15) is 4.79 Å². The molecular formula is C16H31N3O2. The predicted molar refractivity (Wildman–Crippen MR) is 84.3 cm³/mol. The Kier molecular flexibility index (Phi) is 5.63. The van der Waals surface area contributed by atoms with Crippen LogP contribution in [0.15, 0.2) is 0 Å². The van der Waals surface area contributed by atoms with Gasteiger partial charge in [-0.3, -0.25) is 14.6 Å². The molecule has 2 fully saturated rings. The van der Waals surface area contributed by atoms with Crippen LogP contribution in [0.4, 0.5) is 0 Å². The fourth-order valence-corrected chi connectivity index (χ4v) is 3.89. The summed E-state index contributed by atoms with van der Waals surface area (Å²) in [5.74, 6) is -0.101. The highest BCUT2D eigenvalue weighted by Gasteiger charge is 2.44. The van der Waals surface area contributed by atoms with Crippen molar-refractivity contribution in [1.29, 1.82) is 0 Å². The molecule has 2 aliphatic rings. The molecule has 21 heavy (non-hydrogen) atoms. The first kappa shape index (κ1) is 16.7. The molecule has 0 bridgehead atoms. The van der Waals surface area contributed by atoms with E-state index in [1.807, 2.05) is 7.05 Å². The zero-order valence-electron chi connectivity index (χ0n) is 14.0. The lowest BCUT2D eigenvalue weighted by Gasteiger charge is -2.46. The standard InChI is InChI=1S/C16H31N3O2/c1-13(2)18-8-10-19(11-9-18)14-6-5-7-16(12-14,17-3)15(20)21-4/h13-14,17H,5-12H2,1-4H3. The Balaban J connectivity index is 1.97. The highest BCUT2D eigenvalue weighted by Crippen LogP contribution is 2.32. The highest BCUT2D eigenvalue weighted by molar-refractivity contribution is 5.81. The van der Waals surface area contributed by atoms with Gasteiger partial charge in [0.25, 0.3) is 0 Å². The van der Waals surface area contributed by atoms with E-state index in [4.69, 9.17) is 4.74 Å². The molecule has 2 atom stereocenters. The van der Waals surface area contributed by atoms with Crippen LogP contribution >= 0.6 is 0 Å². The van der Waals surface area contributed by atoms with Gasteiger partial charge in [-0.15, -0.1) is 0 Å². The van der Waals surface area contributed by atoms with Crippen molar-refractivity contribution < 1.29 is 9.53 Å². The van der Waals surface area contributed by atoms with Crippen molar-refractivity contribution in [2.45, 2.75) is 57.2 Å². The second-order valence-electron chi connectivity index (χ2n) is 6.74. The first-order chi connectivity index (χ1) is 10.0. The van der Waals surface area contributed by atoms with Gasteiger partial charge in [-0.25, -0.2) is 0 Å². The number of hydrogen-bond acceptors (Lipinski definition) is 5. The number of hydrogen-bond donors (Lipinski definition) is 1. The molecule has 1 saturated heterocycles. The van der Waals surface area contributed by atoms with Crippen LogP contribution in [-0.4, -0.2) is 73.7 Å². The molecule has 1 N–H and O–H groups in total. The number of rotatable bonds is 4. The van der Waals surface area contributed by atoms with Crippen LogP contribution in [0.2, 0.25) is 0 Å². The fourth-order valence-electron chi connectivity index (χ4n) is 3.89. The normalized spacial score (nSPS) is 32.3. The maximum atomic E-state index is 12.2. The maximum Gasteiger partial charge on any atom is 0.326 e. The van der Waals surface area contributed by atoms with Gasteiger partial charge in [-0.05, 0) is 46.6 Å². The molecule has 0 aromatic carbocycles. The number of methoxy groups -OCH3 is 1. The average molecular weight is 297 g/mol. The van der Waals surface area contributed by atoms with Gasteiger partial charge in [0, 0.05) is 38.3 Å². The fraction of sp³-hybridized carbons (Fsp3) is 0.938. The summed E-state index contributed by atoms with van der Waals surface area (Å²) in [5.41, 5.74) is -0.479. The number of piperazine rings is 1. The maximum absolute atomic E-state index is 12.2. The Hall–Kier alpha value is -0.650. The lowest BCUT2D eigenvalue weighted by molar-refractivity contribution is -0.151. The summed E-state index contributed by atoms with van der Waals surface area (Å²) < 4.78 is 5.04. The van der Waals surface area contributed by atoms with Crippen LogP contribution < -0.4 is 5.32 Å². The van der Waals surface area contributed by atoms with Crippen molar-refractivity contribution >= 4 is 5.97 Å². The predicted octanol–water partition coefficient (Wildman–Crippen LogP) is 1.09. The van der Waals surface area contributed by atoms with E-state index in [1.54, 1.807) is 0 Å². The van der Waals surface area contributed by atoms with Gasteiger partial charge in [-0.1, -0.05) is 0 Å². The van der Waals surface area contributed by atoms with Crippen LogP contribution in [0.25, 0.3) is 0 Å². The number of nitrogens with one attached hydrogen (secondary N) is 1. The van der Waals surface area contributed by atoms with Gasteiger partial charge >= 0.3 is 5.97 Å². The molecule has 5 heteroatoms. The van der Waals surface area contributed by atoms with Crippen LogP contribution in [0.3, 0.4) is 0 Å². The van der Waals surface area contributed by atoms with E-state index in [2.05, 4.69) is 29.0 Å². The van der Waals surface area contributed by atoms with Gasteiger partial charge in [0.15, 0.2) is 0 Å². The molecule has 0 radical (unpaired) electrons. The van der Waals surface area contributed by atoms with E-state index >= 15 is 0 Å². The van der Waals surface area contributed by atoms with E-state index in [1.165, 1.54) is 13.5 Å².